The second-order valence-electron chi connectivity index (χ2n) is 4.62. The molecule has 0 radical (unpaired) electrons. The van der Waals surface area contributed by atoms with Gasteiger partial charge in [0, 0.05) is 18.9 Å². The molecule has 3 heteroatoms. The first kappa shape index (κ1) is 14.7. The van der Waals surface area contributed by atoms with Gasteiger partial charge in [-0.15, -0.1) is 0 Å². The Hall–Kier alpha value is -1.38. The van der Waals surface area contributed by atoms with Crippen molar-refractivity contribution in [3.05, 3.63) is 30.1 Å². The molecule has 0 unspecified atom stereocenters. The SMILES string of the molecule is CCCCCCCCCNC(=O)c1cccnc1. The lowest BCUT2D eigenvalue weighted by Crippen LogP contribution is -2.24. The molecule has 0 aliphatic carbocycles. The molecule has 0 saturated carbocycles. The number of pyridine rings is 1. The van der Waals surface area contributed by atoms with Crippen LogP contribution in [0, 0.1) is 0 Å². The number of hydrogen-bond acceptors (Lipinski definition) is 2. The minimum Gasteiger partial charge on any atom is -0.352 e. The lowest BCUT2D eigenvalue weighted by Gasteiger charge is -2.04. The molecule has 3 nitrogen and oxygen atoms in total. The van der Waals surface area contributed by atoms with Gasteiger partial charge in [0.15, 0.2) is 0 Å². The molecular weight excluding hydrogens is 224 g/mol. The Morgan fingerprint density at radius 3 is 2.56 bits per heavy atom. The highest BCUT2D eigenvalue weighted by molar-refractivity contribution is 5.93. The largest absolute Gasteiger partial charge is 0.352 e. The lowest BCUT2D eigenvalue weighted by molar-refractivity contribution is 0.0952. The number of aromatic nitrogens is 1. The summed E-state index contributed by atoms with van der Waals surface area (Å²) in [7, 11) is 0. The molecule has 1 N–H and O–H groups in total. The molecule has 1 aromatic rings. The molecule has 0 aliphatic heterocycles. The second-order valence-corrected chi connectivity index (χ2v) is 4.62. The van der Waals surface area contributed by atoms with Gasteiger partial charge in [0.05, 0.1) is 5.56 Å². The third kappa shape index (κ3) is 6.38. The minimum absolute atomic E-state index is 0.0194. The predicted molar refractivity (Wildman–Crippen MR) is 74.6 cm³/mol. The fourth-order valence-electron chi connectivity index (χ4n) is 1.88. The van der Waals surface area contributed by atoms with E-state index in [1.165, 1.54) is 38.5 Å². The van der Waals surface area contributed by atoms with E-state index in [2.05, 4.69) is 17.2 Å². The van der Waals surface area contributed by atoms with Crippen LogP contribution >= 0.6 is 0 Å². The van der Waals surface area contributed by atoms with Gasteiger partial charge in [0.1, 0.15) is 0 Å². The van der Waals surface area contributed by atoms with Crippen LogP contribution in [0.4, 0.5) is 0 Å². The molecular formula is C15H24N2O. The van der Waals surface area contributed by atoms with E-state index in [-0.39, 0.29) is 5.91 Å². The van der Waals surface area contributed by atoms with Gasteiger partial charge in [-0.25, -0.2) is 0 Å². The van der Waals surface area contributed by atoms with Crippen molar-refractivity contribution >= 4 is 5.91 Å². The van der Waals surface area contributed by atoms with E-state index in [1.807, 2.05) is 0 Å². The van der Waals surface area contributed by atoms with Gasteiger partial charge in [0.25, 0.3) is 5.91 Å². The first-order chi connectivity index (χ1) is 8.84. The Morgan fingerprint density at radius 1 is 1.17 bits per heavy atom. The van der Waals surface area contributed by atoms with Crippen LogP contribution in [-0.2, 0) is 0 Å². The van der Waals surface area contributed by atoms with Gasteiger partial charge >= 0.3 is 0 Å². The number of rotatable bonds is 9. The average Bonchev–Trinajstić information content (AvgIpc) is 2.42. The molecule has 18 heavy (non-hydrogen) atoms. The zero-order chi connectivity index (χ0) is 13.1. The fraction of sp³-hybridized carbons (Fsp3) is 0.600. The molecule has 1 heterocycles. The van der Waals surface area contributed by atoms with Crippen molar-refractivity contribution in [2.45, 2.75) is 51.9 Å². The zero-order valence-corrected chi connectivity index (χ0v) is 11.3. The smallest absolute Gasteiger partial charge is 0.252 e. The number of carbonyl (C=O) groups is 1. The van der Waals surface area contributed by atoms with Crippen molar-refractivity contribution in [1.82, 2.24) is 10.3 Å². The van der Waals surface area contributed by atoms with Crippen LogP contribution in [0.1, 0.15) is 62.2 Å². The Bertz CT molecular complexity index is 325. The number of nitrogens with zero attached hydrogens (tertiary/aromatic N) is 1. The van der Waals surface area contributed by atoms with E-state index in [4.69, 9.17) is 0 Å². The molecule has 0 aromatic carbocycles. The van der Waals surface area contributed by atoms with E-state index in [0.29, 0.717) is 5.56 Å². The summed E-state index contributed by atoms with van der Waals surface area (Å²) in [5.41, 5.74) is 0.639. The predicted octanol–water partition coefficient (Wildman–Crippen LogP) is 3.56. The summed E-state index contributed by atoms with van der Waals surface area (Å²) in [5, 5.41) is 2.92. The fourth-order valence-corrected chi connectivity index (χ4v) is 1.88. The van der Waals surface area contributed by atoms with Crippen molar-refractivity contribution in [2.24, 2.45) is 0 Å². The highest BCUT2D eigenvalue weighted by Crippen LogP contribution is 2.06. The molecule has 1 amide bonds. The van der Waals surface area contributed by atoms with Crippen LogP contribution in [-0.4, -0.2) is 17.4 Å². The third-order valence-corrected chi connectivity index (χ3v) is 2.99. The van der Waals surface area contributed by atoms with Crippen molar-refractivity contribution in [3.63, 3.8) is 0 Å². The maximum atomic E-state index is 11.7. The van der Waals surface area contributed by atoms with Gasteiger partial charge in [0.2, 0.25) is 0 Å². The van der Waals surface area contributed by atoms with E-state index in [0.717, 1.165) is 13.0 Å². The molecule has 0 fully saturated rings. The van der Waals surface area contributed by atoms with Crippen LogP contribution in [0.5, 0.6) is 0 Å². The molecule has 1 aromatic heterocycles. The molecule has 0 aliphatic rings. The summed E-state index contributed by atoms with van der Waals surface area (Å²) in [6.45, 7) is 3.00. The van der Waals surface area contributed by atoms with Gasteiger partial charge in [-0.2, -0.15) is 0 Å². The molecule has 0 bridgehead atoms. The van der Waals surface area contributed by atoms with Crippen molar-refractivity contribution in [3.8, 4) is 0 Å². The summed E-state index contributed by atoms with van der Waals surface area (Å²) in [6.07, 6.45) is 12.1. The Balaban J connectivity index is 2.00. The van der Waals surface area contributed by atoms with E-state index in [9.17, 15) is 4.79 Å². The maximum absolute atomic E-state index is 11.7. The van der Waals surface area contributed by atoms with Crippen molar-refractivity contribution in [1.29, 1.82) is 0 Å². The van der Waals surface area contributed by atoms with Gasteiger partial charge < -0.3 is 5.32 Å². The van der Waals surface area contributed by atoms with Crippen LogP contribution in [0.2, 0.25) is 0 Å². The molecule has 0 saturated heterocycles. The summed E-state index contributed by atoms with van der Waals surface area (Å²) in [5.74, 6) is -0.0194. The van der Waals surface area contributed by atoms with Crippen molar-refractivity contribution in [2.75, 3.05) is 6.54 Å². The first-order valence-corrected chi connectivity index (χ1v) is 7.03. The zero-order valence-electron chi connectivity index (χ0n) is 11.3. The van der Waals surface area contributed by atoms with Crippen LogP contribution in [0.25, 0.3) is 0 Å². The quantitative estimate of drug-likeness (QED) is 0.679. The third-order valence-electron chi connectivity index (χ3n) is 2.99. The Morgan fingerprint density at radius 2 is 1.89 bits per heavy atom. The van der Waals surface area contributed by atoms with Crippen LogP contribution < -0.4 is 5.32 Å². The number of carbonyl (C=O) groups excluding carboxylic acids is 1. The summed E-state index contributed by atoms with van der Waals surface area (Å²) >= 11 is 0. The normalized spacial score (nSPS) is 10.3. The van der Waals surface area contributed by atoms with E-state index < -0.39 is 0 Å². The minimum atomic E-state index is -0.0194. The Kier molecular flexibility index (Phi) is 7.85. The molecule has 1 rings (SSSR count). The van der Waals surface area contributed by atoms with Crippen molar-refractivity contribution < 1.29 is 4.79 Å². The Labute approximate surface area is 110 Å². The maximum Gasteiger partial charge on any atom is 0.252 e. The summed E-state index contributed by atoms with van der Waals surface area (Å²) in [4.78, 5) is 15.6. The monoisotopic (exact) mass is 248 g/mol. The van der Waals surface area contributed by atoms with E-state index >= 15 is 0 Å². The number of unbranched alkanes of at least 4 members (excludes halogenated alkanes) is 6. The number of hydrogen-bond donors (Lipinski definition) is 1. The van der Waals surface area contributed by atoms with Gasteiger partial charge in [-0.05, 0) is 18.6 Å². The first-order valence-electron chi connectivity index (χ1n) is 7.03. The second kappa shape index (κ2) is 9.63. The molecule has 100 valence electrons. The average molecular weight is 248 g/mol. The summed E-state index contributed by atoms with van der Waals surface area (Å²) in [6, 6.07) is 3.57. The number of nitrogens with one attached hydrogen (secondary N) is 1. The summed E-state index contributed by atoms with van der Waals surface area (Å²) < 4.78 is 0. The molecule has 0 spiro atoms. The highest BCUT2D eigenvalue weighted by Gasteiger charge is 2.02. The number of amides is 1. The van der Waals surface area contributed by atoms with Gasteiger partial charge in [-0.1, -0.05) is 45.4 Å². The molecule has 0 atom stereocenters. The van der Waals surface area contributed by atoms with Gasteiger partial charge in [-0.3, -0.25) is 9.78 Å². The highest BCUT2D eigenvalue weighted by atomic mass is 16.1. The standard InChI is InChI=1S/C15H24N2O/c1-2-3-4-5-6-7-8-12-17-15(18)14-10-9-11-16-13-14/h9-11,13H,2-8,12H2,1H3,(H,17,18). The van der Waals surface area contributed by atoms with Crippen LogP contribution in [0.15, 0.2) is 24.5 Å². The van der Waals surface area contributed by atoms with E-state index in [1.54, 1.807) is 24.5 Å². The van der Waals surface area contributed by atoms with Crippen LogP contribution in [0.3, 0.4) is 0 Å². The topological polar surface area (TPSA) is 42.0 Å². The lowest BCUT2D eigenvalue weighted by atomic mass is 10.1.